The molecular formula is C16H32N4O. The maximum Gasteiger partial charge on any atom is 0.159 e. The first-order chi connectivity index (χ1) is 10.1. The van der Waals surface area contributed by atoms with Gasteiger partial charge in [-0.3, -0.25) is 4.68 Å². The zero-order valence-corrected chi connectivity index (χ0v) is 14.4. The third-order valence-electron chi connectivity index (χ3n) is 3.75. The summed E-state index contributed by atoms with van der Waals surface area (Å²) < 4.78 is 7.56. The summed E-state index contributed by atoms with van der Waals surface area (Å²) in [6.07, 6.45) is 6.42. The fraction of sp³-hybridized carbons (Fsp3) is 0.812. The van der Waals surface area contributed by atoms with Gasteiger partial charge in [0.1, 0.15) is 0 Å². The number of rotatable bonds is 11. The molecule has 21 heavy (non-hydrogen) atoms. The van der Waals surface area contributed by atoms with E-state index in [0.717, 1.165) is 38.2 Å². The fourth-order valence-electron chi connectivity index (χ4n) is 2.60. The standard InChI is InChI=1S/C16H32N4O/c1-6-8-14(17-7-2)9-10-15-16(21-5)13-18-20(15)12-11-19(3)4/h13-14,17H,6-12H2,1-5H3. The molecule has 0 aliphatic carbocycles. The minimum absolute atomic E-state index is 0.585. The molecule has 0 bridgehead atoms. The van der Waals surface area contributed by atoms with E-state index in [1.54, 1.807) is 7.11 Å². The minimum atomic E-state index is 0.585. The molecule has 0 saturated carbocycles. The van der Waals surface area contributed by atoms with Crippen molar-refractivity contribution < 1.29 is 4.74 Å². The van der Waals surface area contributed by atoms with Gasteiger partial charge in [0.05, 0.1) is 25.5 Å². The predicted octanol–water partition coefficient (Wildman–Crippen LogP) is 2.16. The van der Waals surface area contributed by atoms with Crippen LogP contribution >= 0.6 is 0 Å². The van der Waals surface area contributed by atoms with Gasteiger partial charge in [0.15, 0.2) is 5.75 Å². The molecule has 0 aromatic carbocycles. The van der Waals surface area contributed by atoms with E-state index in [1.165, 1.54) is 18.5 Å². The number of nitrogens with one attached hydrogen (secondary N) is 1. The third kappa shape index (κ3) is 6.06. The van der Waals surface area contributed by atoms with Crippen LogP contribution in [-0.2, 0) is 13.0 Å². The van der Waals surface area contributed by atoms with E-state index in [0.29, 0.717) is 6.04 Å². The molecule has 0 radical (unpaired) electrons. The summed E-state index contributed by atoms with van der Waals surface area (Å²) in [5.41, 5.74) is 1.22. The van der Waals surface area contributed by atoms with E-state index >= 15 is 0 Å². The number of hydrogen-bond acceptors (Lipinski definition) is 4. The van der Waals surface area contributed by atoms with Crippen molar-refractivity contribution in [1.82, 2.24) is 20.0 Å². The van der Waals surface area contributed by atoms with E-state index < -0.39 is 0 Å². The monoisotopic (exact) mass is 296 g/mol. The Bertz CT molecular complexity index is 384. The van der Waals surface area contributed by atoms with Gasteiger partial charge in [-0.1, -0.05) is 20.3 Å². The summed E-state index contributed by atoms with van der Waals surface area (Å²) in [6, 6.07) is 0.585. The largest absolute Gasteiger partial charge is 0.493 e. The highest BCUT2D eigenvalue weighted by Gasteiger charge is 2.14. The molecule has 1 atom stereocenters. The van der Waals surface area contributed by atoms with Crippen LogP contribution in [0, 0.1) is 0 Å². The van der Waals surface area contributed by atoms with Gasteiger partial charge >= 0.3 is 0 Å². The molecule has 1 aromatic rings. The molecule has 5 heteroatoms. The molecular weight excluding hydrogens is 264 g/mol. The van der Waals surface area contributed by atoms with E-state index in [2.05, 4.69) is 47.9 Å². The lowest BCUT2D eigenvalue weighted by molar-refractivity contribution is 0.362. The summed E-state index contributed by atoms with van der Waals surface area (Å²) >= 11 is 0. The Morgan fingerprint density at radius 3 is 2.67 bits per heavy atom. The molecule has 0 aliphatic rings. The van der Waals surface area contributed by atoms with Crippen molar-refractivity contribution >= 4 is 0 Å². The number of nitrogens with zero attached hydrogens (tertiary/aromatic N) is 3. The van der Waals surface area contributed by atoms with Gasteiger partial charge < -0.3 is 15.0 Å². The molecule has 0 aliphatic heterocycles. The topological polar surface area (TPSA) is 42.3 Å². The van der Waals surface area contributed by atoms with E-state index in [-0.39, 0.29) is 0 Å². The minimum Gasteiger partial charge on any atom is -0.493 e. The molecule has 1 aromatic heterocycles. The lowest BCUT2D eigenvalue weighted by Gasteiger charge is -2.18. The molecule has 1 heterocycles. The lowest BCUT2D eigenvalue weighted by Crippen LogP contribution is -2.29. The van der Waals surface area contributed by atoms with E-state index in [1.807, 2.05) is 6.20 Å². The Balaban J connectivity index is 2.67. The summed E-state index contributed by atoms with van der Waals surface area (Å²) in [5.74, 6) is 0.917. The maximum absolute atomic E-state index is 5.47. The van der Waals surface area contributed by atoms with Gasteiger partial charge in [-0.15, -0.1) is 0 Å². The zero-order valence-electron chi connectivity index (χ0n) is 14.4. The van der Waals surface area contributed by atoms with Gasteiger partial charge in [0.2, 0.25) is 0 Å². The van der Waals surface area contributed by atoms with Crippen LogP contribution in [0.1, 0.15) is 38.8 Å². The highest BCUT2D eigenvalue weighted by molar-refractivity contribution is 5.25. The smallest absolute Gasteiger partial charge is 0.159 e. The second-order valence-electron chi connectivity index (χ2n) is 5.77. The first-order valence-electron chi connectivity index (χ1n) is 8.09. The van der Waals surface area contributed by atoms with Crippen LogP contribution in [0.3, 0.4) is 0 Å². The molecule has 1 rings (SSSR count). The van der Waals surface area contributed by atoms with Crippen LogP contribution in [0.25, 0.3) is 0 Å². The molecule has 0 saturated heterocycles. The Labute approximate surface area is 129 Å². The number of hydrogen-bond donors (Lipinski definition) is 1. The second kappa shape index (κ2) is 9.79. The normalized spacial score (nSPS) is 12.9. The molecule has 1 N–H and O–H groups in total. The highest BCUT2D eigenvalue weighted by atomic mass is 16.5. The van der Waals surface area contributed by atoms with Crippen LogP contribution < -0.4 is 10.1 Å². The van der Waals surface area contributed by atoms with Crippen molar-refractivity contribution in [2.45, 2.75) is 52.1 Å². The van der Waals surface area contributed by atoms with Crippen molar-refractivity contribution in [3.63, 3.8) is 0 Å². The van der Waals surface area contributed by atoms with Crippen LogP contribution in [0.15, 0.2) is 6.20 Å². The number of likely N-dealkylation sites (N-methyl/N-ethyl adjacent to an activating group) is 1. The average Bonchev–Trinajstić information content (AvgIpc) is 2.85. The predicted molar refractivity (Wildman–Crippen MR) is 88.0 cm³/mol. The summed E-state index contributed by atoms with van der Waals surface area (Å²) in [6.45, 7) is 7.34. The van der Waals surface area contributed by atoms with Gasteiger partial charge in [-0.25, -0.2) is 0 Å². The van der Waals surface area contributed by atoms with Crippen molar-refractivity contribution in [2.24, 2.45) is 0 Å². The fourth-order valence-corrected chi connectivity index (χ4v) is 2.60. The number of methoxy groups -OCH3 is 1. The molecule has 0 spiro atoms. The number of aromatic nitrogens is 2. The third-order valence-corrected chi connectivity index (χ3v) is 3.75. The SMILES string of the molecule is CCCC(CCc1c(OC)cnn1CCN(C)C)NCC. The first-order valence-corrected chi connectivity index (χ1v) is 8.09. The van der Waals surface area contributed by atoms with Crippen LogP contribution in [-0.4, -0.2) is 55.0 Å². The summed E-state index contributed by atoms with van der Waals surface area (Å²) in [7, 11) is 5.90. The van der Waals surface area contributed by atoms with Gasteiger partial charge in [-0.05, 0) is 39.9 Å². The Morgan fingerprint density at radius 2 is 2.10 bits per heavy atom. The first kappa shape index (κ1) is 18.0. The Kier molecular flexibility index (Phi) is 8.38. The second-order valence-corrected chi connectivity index (χ2v) is 5.77. The summed E-state index contributed by atoms with van der Waals surface area (Å²) in [5, 5.41) is 8.05. The Hall–Kier alpha value is -1.07. The number of ether oxygens (including phenoxy) is 1. The van der Waals surface area contributed by atoms with Crippen molar-refractivity contribution in [2.75, 3.05) is 34.3 Å². The van der Waals surface area contributed by atoms with Gasteiger partial charge in [-0.2, -0.15) is 5.10 Å². The molecule has 0 fully saturated rings. The maximum atomic E-state index is 5.47. The van der Waals surface area contributed by atoms with Gasteiger partial charge in [0, 0.05) is 12.6 Å². The average molecular weight is 296 g/mol. The molecule has 1 unspecified atom stereocenters. The van der Waals surface area contributed by atoms with Crippen LogP contribution in [0.2, 0.25) is 0 Å². The van der Waals surface area contributed by atoms with E-state index in [4.69, 9.17) is 4.74 Å². The summed E-state index contributed by atoms with van der Waals surface area (Å²) in [4.78, 5) is 2.18. The van der Waals surface area contributed by atoms with Crippen molar-refractivity contribution in [1.29, 1.82) is 0 Å². The molecule has 0 amide bonds. The molecule has 5 nitrogen and oxygen atoms in total. The van der Waals surface area contributed by atoms with Crippen molar-refractivity contribution in [3.8, 4) is 5.75 Å². The van der Waals surface area contributed by atoms with Crippen LogP contribution in [0.4, 0.5) is 0 Å². The Morgan fingerprint density at radius 1 is 1.33 bits per heavy atom. The molecule has 122 valence electrons. The van der Waals surface area contributed by atoms with Crippen molar-refractivity contribution in [3.05, 3.63) is 11.9 Å². The zero-order chi connectivity index (χ0) is 15.7. The highest BCUT2D eigenvalue weighted by Crippen LogP contribution is 2.20. The lowest BCUT2D eigenvalue weighted by atomic mass is 10.0. The van der Waals surface area contributed by atoms with Crippen LogP contribution in [0.5, 0.6) is 5.75 Å². The quantitative estimate of drug-likeness (QED) is 0.679. The van der Waals surface area contributed by atoms with Gasteiger partial charge in [0.25, 0.3) is 0 Å². The van der Waals surface area contributed by atoms with E-state index in [9.17, 15) is 0 Å².